The molecule has 0 aliphatic carbocycles. The van der Waals surface area contributed by atoms with Gasteiger partial charge in [-0.25, -0.2) is 0 Å². The van der Waals surface area contributed by atoms with Gasteiger partial charge in [0.2, 0.25) is 0 Å². The molecule has 1 rings (SSSR count). The number of ether oxygens (including phenoxy) is 1. The number of allylic oxidation sites excluding steroid dienone is 1. The molecule has 0 saturated heterocycles. The van der Waals surface area contributed by atoms with Crippen LogP contribution >= 0.6 is 0 Å². The van der Waals surface area contributed by atoms with Gasteiger partial charge in [-0.1, -0.05) is 18.2 Å². The van der Waals surface area contributed by atoms with Crippen LogP contribution in [0.15, 0.2) is 30.4 Å². The molecule has 4 nitrogen and oxygen atoms in total. The fourth-order valence-corrected chi connectivity index (χ4v) is 1.12. The van der Waals surface area contributed by atoms with Crippen molar-refractivity contribution in [1.29, 1.82) is 0 Å². The molecule has 0 radical (unpaired) electrons. The molecule has 0 atom stereocenters. The lowest BCUT2D eigenvalue weighted by atomic mass is 10.2. The van der Waals surface area contributed by atoms with E-state index in [2.05, 4.69) is 0 Å². The summed E-state index contributed by atoms with van der Waals surface area (Å²) in [5, 5.41) is 10.7. The number of nitro groups is 1. The summed E-state index contributed by atoms with van der Waals surface area (Å²) in [5.74, 6) is 0.318. The Balaban J connectivity index is 2.91. The van der Waals surface area contributed by atoms with E-state index in [-0.39, 0.29) is 5.69 Å². The average Bonchev–Trinajstić information content (AvgIpc) is 2.18. The highest BCUT2D eigenvalue weighted by Gasteiger charge is 2.13. The van der Waals surface area contributed by atoms with E-state index in [0.29, 0.717) is 12.4 Å². The summed E-state index contributed by atoms with van der Waals surface area (Å²) in [5.41, 5.74) is 0.946. The molecule has 0 spiro atoms. The van der Waals surface area contributed by atoms with Crippen molar-refractivity contribution in [2.24, 2.45) is 0 Å². The highest BCUT2D eigenvalue weighted by atomic mass is 16.6. The topological polar surface area (TPSA) is 52.4 Å². The second-order valence-corrected chi connectivity index (χ2v) is 3.11. The van der Waals surface area contributed by atoms with Crippen molar-refractivity contribution in [2.75, 3.05) is 6.61 Å². The average molecular weight is 207 g/mol. The van der Waals surface area contributed by atoms with Crippen LogP contribution in [0.3, 0.4) is 0 Å². The summed E-state index contributed by atoms with van der Waals surface area (Å²) in [6.07, 6.45) is 3.63. The molecule has 0 bridgehead atoms. The second kappa shape index (κ2) is 5.14. The Morgan fingerprint density at radius 2 is 2.27 bits per heavy atom. The van der Waals surface area contributed by atoms with Crippen LogP contribution in [0.4, 0.5) is 5.69 Å². The smallest absolute Gasteiger partial charge is 0.310 e. The Labute approximate surface area is 88.3 Å². The molecule has 0 aromatic heterocycles. The fourth-order valence-electron chi connectivity index (χ4n) is 1.12. The van der Waals surface area contributed by atoms with E-state index in [4.69, 9.17) is 4.74 Å². The van der Waals surface area contributed by atoms with Gasteiger partial charge < -0.3 is 4.74 Å². The van der Waals surface area contributed by atoms with Gasteiger partial charge in [-0.3, -0.25) is 10.1 Å². The van der Waals surface area contributed by atoms with Crippen molar-refractivity contribution in [3.63, 3.8) is 0 Å². The van der Waals surface area contributed by atoms with E-state index >= 15 is 0 Å². The molecule has 1 aromatic carbocycles. The zero-order valence-corrected chi connectivity index (χ0v) is 8.77. The number of hydrogen-bond acceptors (Lipinski definition) is 3. The summed E-state index contributed by atoms with van der Waals surface area (Å²) < 4.78 is 5.29. The molecule has 0 aliphatic rings. The van der Waals surface area contributed by atoms with Crippen LogP contribution < -0.4 is 4.74 Å². The van der Waals surface area contributed by atoms with Gasteiger partial charge in [0.15, 0.2) is 5.75 Å². The van der Waals surface area contributed by atoms with Gasteiger partial charge in [0.25, 0.3) is 0 Å². The first kappa shape index (κ1) is 11.2. The quantitative estimate of drug-likeness (QED) is 0.433. The number of nitrogens with zero attached hydrogens (tertiary/aromatic N) is 1. The molecule has 0 unspecified atom stereocenters. The van der Waals surface area contributed by atoms with E-state index in [1.165, 1.54) is 6.07 Å². The molecule has 0 aliphatic heterocycles. The van der Waals surface area contributed by atoms with E-state index in [0.717, 1.165) is 5.56 Å². The summed E-state index contributed by atoms with van der Waals surface area (Å²) in [6.45, 7) is 4.08. The van der Waals surface area contributed by atoms with Gasteiger partial charge in [0.05, 0.1) is 4.92 Å². The van der Waals surface area contributed by atoms with Crippen molar-refractivity contribution >= 4 is 5.69 Å². The maximum atomic E-state index is 10.7. The number of benzene rings is 1. The predicted octanol–water partition coefficient (Wildman–Crippen LogP) is 2.86. The summed E-state index contributed by atoms with van der Waals surface area (Å²) in [7, 11) is 0. The summed E-state index contributed by atoms with van der Waals surface area (Å²) >= 11 is 0. The molecule has 1 aromatic rings. The third-order valence-corrected chi connectivity index (χ3v) is 1.88. The standard InChI is InChI=1S/C11H13NO3/c1-3-4-7-15-11-8-9(2)5-6-10(11)12(13)14/h3-6,8H,7H2,1-2H3. The number of hydrogen-bond donors (Lipinski definition) is 0. The Kier molecular flexibility index (Phi) is 3.85. The molecular weight excluding hydrogens is 194 g/mol. The van der Waals surface area contributed by atoms with Crippen LogP contribution in [0.1, 0.15) is 12.5 Å². The van der Waals surface area contributed by atoms with Crippen LogP contribution in [0.25, 0.3) is 0 Å². The van der Waals surface area contributed by atoms with Gasteiger partial charge in [0.1, 0.15) is 6.61 Å². The minimum atomic E-state index is -0.440. The molecule has 0 N–H and O–H groups in total. The largest absolute Gasteiger partial charge is 0.483 e. The minimum Gasteiger partial charge on any atom is -0.483 e. The zero-order valence-electron chi connectivity index (χ0n) is 8.77. The summed E-state index contributed by atoms with van der Waals surface area (Å²) in [4.78, 5) is 10.2. The number of nitro benzene ring substituents is 1. The Hall–Kier alpha value is -1.84. The molecular formula is C11H13NO3. The lowest BCUT2D eigenvalue weighted by Crippen LogP contribution is -1.98. The third kappa shape index (κ3) is 3.09. The third-order valence-electron chi connectivity index (χ3n) is 1.88. The van der Waals surface area contributed by atoms with Crippen LogP contribution in [0.2, 0.25) is 0 Å². The molecule has 15 heavy (non-hydrogen) atoms. The van der Waals surface area contributed by atoms with Crippen molar-refractivity contribution in [1.82, 2.24) is 0 Å². The van der Waals surface area contributed by atoms with Crippen molar-refractivity contribution in [3.05, 3.63) is 46.0 Å². The van der Waals surface area contributed by atoms with Gasteiger partial charge in [-0.05, 0) is 25.5 Å². The maximum Gasteiger partial charge on any atom is 0.310 e. The van der Waals surface area contributed by atoms with Crippen LogP contribution in [0.5, 0.6) is 5.75 Å². The van der Waals surface area contributed by atoms with Crippen LogP contribution in [0, 0.1) is 17.0 Å². The number of rotatable bonds is 4. The molecule has 0 amide bonds. The molecule has 0 fully saturated rings. The van der Waals surface area contributed by atoms with E-state index in [9.17, 15) is 10.1 Å². The SMILES string of the molecule is CC=CCOc1cc(C)ccc1[N+](=O)[O-]. The monoisotopic (exact) mass is 207 g/mol. The van der Waals surface area contributed by atoms with E-state index in [1.807, 2.05) is 19.9 Å². The Morgan fingerprint density at radius 1 is 1.53 bits per heavy atom. The van der Waals surface area contributed by atoms with Gasteiger partial charge in [-0.2, -0.15) is 0 Å². The predicted molar refractivity (Wildman–Crippen MR) is 58.1 cm³/mol. The van der Waals surface area contributed by atoms with E-state index < -0.39 is 4.92 Å². The van der Waals surface area contributed by atoms with Gasteiger partial charge >= 0.3 is 5.69 Å². The first-order valence-electron chi connectivity index (χ1n) is 4.64. The van der Waals surface area contributed by atoms with Gasteiger partial charge in [0, 0.05) is 6.07 Å². The van der Waals surface area contributed by atoms with Crippen molar-refractivity contribution < 1.29 is 9.66 Å². The zero-order chi connectivity index (χ0) is 11.3. The highest BCUT2D eigenvalue weighted by molar-refractivity contribution is 5.48. The fraction of sp³-hybridized carbons (Fsp3) is 0.273. The number of aryl methyl sites for hydroxylation is 1. The highest BCUT2D eigenvalue weighted by Crippen LogP contribution is 2.27. The first-order chi connectivity index (χ1) is 7.15. The lowest BCUT2D eigenvalue weighted by molar-refractivity contribution is -0.385. The molecule has 4 heteroatoms. The first-order valence-corrected chi connectivity index (χ1v) is 4.64. The van der Waals surface area contributed by atoms with Crippen molar-refractivity contribution in [3.8, 4) is 5.75 Å². The van der Waals surface area contributed by atoms with Gasteiger partial charge in [-0.15, -0.1) is 0 Å². The summed E-state index contributed by atoms with van der Waals surface area (Å²) in [6, 6.07) is 4.82. The molecule has 0 saturated carbocycles. The molecule has 80 valence electrons. The second-order valence-electron chi connectivity index (χ2n) is 3.11. The van der Waals surface area contributed by atoms with Crippen LogP contribution in [-0.4, -0.2) is 11.5 Å². The Morgan fingerprint density at radius 3 is 2.87 bits per heavy atom. The maximum absolute atomic E-state index is 10.7. The van der Waals surface area contributed by atoms with Crippen LogP contribution in [-0.2, 0) is 0 Å². The normalized spacial score (nSPS) is 10.5. The molecule has 0 heterocycles. The minimum absolute atomic E-state index is 0.00473. The van der Waals surface area contributed by atoms with Crippen molar-refractivity contribution in [2.45, 2.75) is 13.8 Å². The van der Waals surface area contributed by atoms with E-state index in [1.54, 1.807) is 18.2 Å². The Bertz CT molecular complexity index is 385. The lowest BCUT2D eigenvalue weighted by Gasteiger charge is -2.04.